The molecule has 3 N–H and O–H groups in total. The van der Waals surface area contributed by atoms with Crippen LogP contribution in [0, 0.1) is 0 Å². The first-order valence-electron chi connectivity index (χ1n) is 7.16. The van der Waals surface area contributed by atoms with Crippen molar-refractivity contribution in [3.8, 4) is 0 Å². The minimum absolute atomic E-state index is 0.123. The van der Waals surface area contributed by atoms with Gasteiger partial charge < -0.3 is 20.5 Å². The van der Waals surface area contributed by atoms with Crippen LogP contribution in [0.25, 0.3) is 11.2 Å². The number of anilines is 2. The minimum atomic E-state index is -1.22. The summed E-state index contributed by atoms with van der Waals surface area (Å²) in [6.07, 6.45) is -0.919. The number of imidazole rings is 1. The maximum Gasteiger partial charge on any atom is 0.224 e. The minimum Gasteiger partial charge on any atom is -0.394 e. The van der Waals surface area contributed by atoms with Crippen molar-refractivity contribution in [1.82, 2.24) is 19.5 Å². The smallest absolute Gasteiger partial charge is 0.224 e. The van der Waals surface area contributed by atoms with Crippen LogP contribution in [0.15, 0.2) is 6.33 Å². The van der Waals surface area contributed by atoms with Crippen LogP contribution in [0.5, 0.6) is 0 Å². The zero-order valence-corrected chi connectivity index (χ0v) is 12.5. The van der Waals surface area contributed by atoms with Crippen molar-refractivity contribution in [2.75, 3.05) is 30.8 Å². The lowest BCUT2D eigenvalue weighted by molar-refractivity contribution is -0.0323. The molecule has 2 aromatic rings. The summed E-state index contributed by atoms with van der Waals surface area (Å²) in [7, 11) is 1.88. The number of aromatic nitrogens is 4. The molecule has 1 aliphatic rings. The third-order valence-corrected chi connectivity index (χ3v) is 3.91. The SMILES string of the molecule is CCN(C)c1nc(N)nc2c1ncn2C1C[C@H](F)[C@@H](CO)O1. The highest BCUT2D eigenvalue weighted by Crippen LogP contribution is 2.33. The van der Waals surface area contributed by atoms with Crippen LogP contribution < -0.4 is 10.6 Å². The highest BCUT2D eigenvalue weighted by atomic mass is 19.1. The summed E-state index contributed by atoms with van der Waals surface area (Å²) in [5.41, 5.74) is 6.87. The molecule has 2 aromatic heterocycles. The van der Waals surface area contributed by atoms with E-state index in [0.29, 0.717) is 17.0 Å². The number of halogens is 1. The molecule has 0 aliphatic carbocycles. The number of aliphatic hydroxyl groups is 1. The normalized spacial score (nSPS) is 25.0. The van der Waals surface area contributed by atoms with Gasteiger partial charge in [-0.2, -0.15) is 9.97 Å². The molecule has 3 atom stereocenters. The average molecular weight is 310 g/mol. The number of hydrogen-bond acceptors (Lipinski definition) is 7. The van der Waals surface area contributed by atoms with E-state index in [2.05, 4.69) is 15.0 Å². The summed E-state index contributed by atoms with van der Waals surface area (Å²) in [6.45, 7) is 2.36. The fourth-order valence-electron chi connectivity index (χ4n) is 2.57. The standard InChI is InChI=1S/C13H19FN6O2/c1-3-19(2)11-10-12(18-13(15)17-11)20(6-16-10)9-4-7(14)8(5-21)22-9/h6-9,21H,3-5H2,1-2H3,(H2,15,17,18)/t7-,8+,9?/m0/s1. The van der Waals surface area contributed by atoms with Gasteiger partial charge in [0.15, 0.2) is 17.0 Å². The van der Waals surface area contributed by atoms with Crippen LogP contribution in [-0.4, -0.2) is 57.1 Å². The van der Waals surface area contributed by atoms with E-state index in [1.54, 1.807) is 10.9 Å². The number of nitrogens with two attached hydrogens (primary N) is 1. The molecular weight excluding hydrogens is 291 g/mol. The summed E-state index contributed by atoms with van der Waals surface area (Å²) in [5, 5.41) is 9.12. The molecule has 1 aliphatic heterocycles. The van der Waals surface area contributed by atoms with Crippen LogP contribution in [0.4, 0.5) is 16.2 Å². The number of rotatable bonds is 4. The summed E-state index contributed by atoms with van der Waals surface area (Å²) in [4.78, 5) is 14.7. The summed E-state index contributed by atoms with van der Waals surface area (Å²) < 4.78 is 21.0. The first-order chi connectivity index (χ1) is 10.5. The second kappa shape index (κ2) is 5.65. The summed E-state index contributed by atoms with van der Waals surface area (Å²) >= 11 is 0. The van der Waals surface area contributed by atoms with E-state index < -0.39 is 18.5 Å². The number of fused-ring (bicyclic) bond motifs is 1. The van der Waals surface area contributed by atoms with E-state index in [1.807, 2.05) is 18.9 Å². The lowest BCUT2D eigenvalue weighted by Gasteiger charge is -2.17. The van der Waals surface area contributed by atoms with Gasteiger partial charge in [-0.3, -0.25) is 4.57 Å². The summed E-state index contributed by atoms with van der Waals surface area (Å²) in [6, 6.07) is 0. The lowest BCUT2D eigenvalue weighted by atomic mass is 10.2. The van der Waals surface area contributed by atoms with Crippen molar-refractivity contribution < 1.29 is 14.2 Å². The molecule has 1 saturated heterocycles. The molecule has 0 amide bonds. The number of nitrogen functional groups attached to an aromatic ring is 1. The van der Waals surface area contributed by atoms with Crippen molar-refractivity contribution in [2.45, 2.75) is 31.8 Å². The van der Waals surface area contributed by atoms with E-state index in [-0.39, 0.29) is 19.0 Å². The highest BCUT2D eigenvalue weighted by molar-refractivity contribution is 5.84. The largest absolute Gasteiger partial charge is 0.394 e. The van der Waals surface area contributed by atoms with Crippen molar-refractivity contribution in [1.29, 1.82) is 0 Å². The second-order valence-corrected chi connectivity index (χ2v) is 5.31. The first-order valence-corrected chi connectivity index (χ1v) is 7.16. The average Bonchev–Trinajstić information content (AvgIpc) is 3.08. The van der Waals surface area contributed by atoms with Crippen LogP contribution in [0.1, 0.15) is 19.6 Å². The van der Waals surface area contributed by atoms with Crippen LogP contribution in [0.3, 0.4) is 0 Å². The van der Waals surface area contributed by atoms with Crippen molar-refractivity contribution in [2.24, 2.45) is 0 Å². The predicted molar refractivity (Wildman–Crippen MR) is 79.2 cm³/mol. The van der Waals surface area contributed by atoms with E-state index in [0.717, 1.165) is 6.54 Å². The van der Waals surface area contributed by atoms with Gasteiger partial charge in [0.25, 0.3) is 0 Å². The van der Waals surface area contributed by atoms with E-state index in [9.17, 15) is 4.39 Å². The molecule has 3 heterocycles. The Morgan fingerprint density at radius 3 is 2.95 bits per heavy atom. The number of alkyl halides is 1. The second-order valence-electron chi connectivity index (χ2n) is 5.31. The summed E-state index contributed by atoms with van der Waals surface area (Å²) in [5.74, 6) is 0.746. The van der Waals surface area contributed by atoms with Gasteiger partial charge in [-0.05, 0) is 6.92 Å². The van der Waals surface area contributed by atoms with Gasteiger partial charge in [-0.25, -0.2) is 9.37 Å². The number of nitrogens with zero attached hydrogens (tertiary/aromatic N) is 5. The number of ether oxygens (including phenoxy) is 1. The molecule has 120 valence electrons. The Labute approximate surface area is 126 Å². The molecule has 0 radical (unpaired) electrons. The van der Waals surface area contributed by atoms with Crippen molar-refractivity contribution in [3.05, 3.63) is 6.33 Å². The Morgan fingerprint density at radius 1 is 1.55 bits per heavy atom. The quantitative estimate of drug-likeness (QED) is 0.847. The maximum absolute atomic E-state index is 13.8. The molecule has 0 bridgehead atoms. The van der Waals surface area contributed by atoms with Crippen molar-refractivity contribution in [3.63, 3.8) is 0 Å². The Morgan fingerprint density at radius 2 is 2.32 bits per heavy atom. The van der Waals surface area contributed by atoms with E-state index >= 15 is 0 Å². The highest BCUT2D eigenvalue weighted by Gasteiger charge is 2.37. The number of hydrogen-bond donors (Lipinski definition) is 2. The Hall–Kier alpha value is -2.00. The molecule has 1 unspecified atom stereocenters. The fourth-order valence-corrected chi connectivity index (χ4v) is 2.57. The van der Waals surface area contributed by atoms with Gasteiger partial charge in [0, 0.05) is 20.0 Å². The van der Waals surface area contributed by atoms with Crippen LogP contribution >= 0.6 is 0 Å². The molecule has 9 heteroatoms. The van der Waals surface area contributed by atoms with Gasteiger partial charge in [0.1, 0.15) is 18.5 Å². The molecule has 22 heavy (non-hydrogen) atoms. The molecule has 0 aromatic carbocycles. The number of aliphatic hydroxyl groups excluding tert-OH is 1. The zero-order valence-electron chi connectivity index (χ0n) is 12.5. The predicted octanol–water partition coefficient (Wildman–Crippen LogP) is 0.482. The lowest BCUT2D eigenvalue weighted by Crippen LogP contribution is -2.21. The topological polar surface area (TPSA) is 102 Å². The third-order valence-electron chi connectivity index (χ3n) is 3.91. The van der Waals surface area contributed by atoms with E-state index in [1.165, 1.54) is 0 Å². The molecule has 3 rings (SSSR count). The zero-order chi connectivity index (χ0) is 15.9. The van der Waals surface area contributed by atoms with E-state index in [4.69, 9.17) is 15.6 Å². The molecular formula is C13H19FN6O2. The van der Waals surface area contributed by atoms with Crippen LogP contribution in [-0.2, 0) is 4.74 Å². The molecule has 8 nitrogen and oxygen atoms in total. The van der Waals surface area contributed by atoms with Crippen molar-refractivity contribution >= 4 is 22.9 Å². The monoisotopic (exact) mass is 310 g/mol. The molecule has 1 fully saturated rings. The molecule has 0 saturated carbocycles. The van der Waals surface area contributed by atoms with Gasteiger partial charge in [-0.15, -0.1) is 0 Å². The van der Waals surface area contributed by atoms with Crippen LogP contribution in [0.2, 0.25) is 0 Å². The Balaban J connectivity index is 2.04. The van der Waals surface area contributed by atoms with Gasteiger partial charge >= 0.3 is 0 Å². The molecule has 0 spiro atoms. The maximum atomic E-state index is 13.8. The Bertz CT molecular complexity index is 678. The van der Waals surface area contributed by atoms with Gasteiger partial charge in [0.05, 0.1) is 12.9 Å². The van der Waals surface area contributed by atoms with Gasteiger partial charge in [0.2, 0.25) is 5.95 Å². The van der Waals surface area contributed by atoms with Gasteiger partial charge in [-0.1, -0.05) is 0 Å². The fraction of sp³-hybridized carbons (Fsp3) is 0.615. The third kappa shape index (κ3) is 2.35. The Kier molecular flexibility index (Phi) is 3.83. The first kappa shape index (κ1) is 14.9.